The first kappa shape index (κ1) is 21.0. The molecule has 4 aromatic rings. The summed E-state index contributed by atoms with van der Waals surface area (Å²) in [5.41, 5.74) is 1.03. The molecular formula is C23H19F3N4O3. The van der Waals surface area contributed by atoms with Crippen molar-refractivity contribution in [2.45, 2.75) is 39.2 Å². The number of amides is 1. The van der Waals surface area contributed by atoms with E-state index in [0.29, 0.717) is 16.6 Å². The van der Waals surface area contributed by atoms with E-state index in [1.165, 1.54) is 16.9 Å². The van der Waals surface area contributed by atoms with E-state index in [-0.39, 0.29) is 41.9 Å². The van der Waals surface area contributed by atoms with Gasteiger partial charge in [0.2, 0.25) is 0 Å². The highest BCUT2D eigenvalue weighted by atomic mass is 19.4. The maximum Gasteiger partial charge on any atom is 0.416 e. The van der Waals surface area contributed by atoms with E-state index in [0.717, 1.165) is 17.8 Å². The van der Waals surface area contributed by atoms with Crippen molar-refractivity contribution in [2.75, 3.05) is 0 Å². The summed E-state index contributed by atoms with van der Waals surface area (Å²) in [6.07, 6.45) is 0.187. The molecule has 1 atom stereocenters. The normalized spacial score (nSPS) is 16.5. The standard InChI is InChI=1S/C23H19F3N4O3/c1-13-8-28(12-27-13)18-5-6-19-22(32)29(14(2)9-30(19)21(18)31)10-15-11-33-20-7-16(23(24,25)26)3-4-17(15)20/h3-8,11-12,14H,9-10H2,1-2H3/t14-/m1/s1. The van der Waals surface area contributed by atoms with E-state index < -0.39 is 11.7 Å². The molecule has 7 nitrogen and oxygen atoms in total. The average molecular weight is 456 g/mol. The number of carbonyl (C=O) groups is 1. The summed E-state index contributed by atoms with van der Waals surface area (Å²) in [5, 5.41) is 0.511. The number of halogens is 3. The van der Waals surface area contributed by atoms with E-state index in [1.54, 1.807) is 34.1 Å². The molecule has 4 heterocycles. The van der Waals surface area contributed by atoms with Crippen molar-refractivity contribution in [3.05, 3.63) is 82.0 Å². The van der Waals surface area contributed by atoms with E-state index in [9.17, 15) is 22.8 Å². The number of furan rings is 1. The Balaban J connectivity index is 1.47. The molecule has 1 aliphatic heterocycles. The SMILES string of the molecule is Cc1cn(-c2ccc3n(c2=O)C[C@@H](C)N(Cc2coc4cc(C(F)(F)F)ccc24)C3=O)cn1. The Bertz CT molecular complexity index is 1450. The second-order valence-electron chi connectivity index (χ2n) is 8.19. The second-order valence-corrected chi connectivity index (χ2v) is 8.19. The fourth-order valence-corrected chi connectivity index (χ4v) is 4.19. The number of nitrogens with zero attached hydrogens (tertiary/aromatic N) is 4. The Kier molecular flexibility index (Phi) is 4.70. The van der Waals surface area contributed by atoms with Crippen molar-refractivity contribution in [3.63, 3.8) is 0 Å². The quantitative estimate of drug-likeness (QED) is 0.464. The fourth-order valence-electron chi connectivity index (χ4n) is 4.19. The molecule has 5 rings (SSSR count). The van der Waals surface area contributed by atoms with E-state index in [4.69, 9.17) is 4.42 Å². The molecule has 170 valence electrons. The van der Waals surface area contributed by atoms with Crippen LogP contribution in [-0.4, -0.2) is 31.0 Å². The summed E-state index contributed by atoms with van der Waals surface area (Å²) in [6.45, 7) is 4.08. The Labute approximate surface area is 185 Å². The monoisotopic (exact) mass is 456 g/mol. The van der Waals surface area contributed by atoms with E-state index >= 15 is 0 Å². The molecule has 1 amide bonds. The van der Waals surface area contributed by atoms with E-state index in [1.807, 2.05) is 13.8 Å². The summed E-state index contributed by atoms with van der Waals surface area (Å²) >= 11 is 0. The van der Waals surface area contributed by atoms with Crippen LogP contribution in [0, 0.1) is 6.92 Å². The molecule has 0 unspecified atom stereocenters. The van der Waals surface area contributed by atoms with Gasteiger partial charge >= 0.3 is 6.18 Å². The first-order chi connectivity index (χ1) is 15.6. The van der Waals surface area contributed by atoms with Gasteiger partial charge in [0, 0.05) is 29.7 Å². The van der Waals surface area contributed by atoms with Crippen LogP contribution in [0.3, 0.4) is 0 Å². The summed E-state index contributed by atoms with van der Waals surface area (Å²) in [7, 11) is 0. The lowest BCUT2D eigenvalue weighted by molar-refractivity contribution is -0.137. The van der Waals surface area contributed by atoms with E-state index in [2.05, 4.69) is 4.98 Å². The summed E-state index contributed by atoms with van der Waals surface area (Å²) in [4.78, 5) is 32.0. The van der Waals surface area contributed by atoms with Crippen LogP contribution in [0.25, 0.3) is 16.7 Å². The molecule has 1 aromatic carbocycles. The number of rotatable bonds is 3. The highest BCUT2D eigenvalue weighted by Crippen LogP contribution is 2.33. The van der Waals surface area contributed by atoms with Crippen LogP contribution in [-0.2, 0) is 19.3 Å². The van der Waals surface area contributed by atoms with Gasteiger partial charge in [-0.2, -0.15) is 13.2 Å². The number of hydrogen-bond acceptors (Lipinski definition) is 4. The van der Waals surface area contributed by atoms with Crippen molar-refractivity contribution in [2.24, 2.45) is 0 Å². The Hall–Kier alpha value is -3.82. The molecule has 0 N–H and O–H groups in total. The van der Waals surface area contributed by atoms with Crippen molar-refractivity contribution in [1.29, 1.82) is 0 Å². The highest BCUT2D eigenvalue weighted by molar-refractivity contribution is 5.94. The van der Waals surface area contributed by atoms with Gasteiger partial charge in [-0.25, -0.2) is 4.98 Å². The number of imidazole rings is 1. The molecule has 0 fully saturated rings. The summed E-state index contributed by atoms with van der Waals surface area (Å²) < 4.78 is 47.4. The predicted octanol–water partition coefficient (Wildman–Crippen LogP) is 4.15. The largest absolute Gasteiger partial charge is 0.464 e. The van der Waals surface area contributed by atoms with Gasteiger partial charge < -0.3 is 18.5 Å². The topological polar surface area (TPSA) is 73.3 Å². The van der Waals surface area contributed by atoms with Crippen LogP contribution in [0.4, 0.5) is 13.2 Å². The van der Waals surface area contributed by atoms with Gasteiger partial charge in [-0.1, -0.05) is 6.07 Å². The Morgan fingerprint density at radius 2 is 1.97 bits per heavy atom. The van der Waals surface area contributed by atoms with Gasteiger partial charge in [-0.15, -0.1) is 0 Å². The molecule has 0 saturated heterocycles. The number of pyridine rings is 1. The van der Waals surface area contributed by atoms with Gasteiger partial charge in [-0.05, 0) is 38.1 Å². The van der Waals surface area contributed by atoms with Crippen molar-refractivity contribution in [3.8, 4) is 5.69 Å². The Morgan fingerprint density at radius 1 is 1.18 bits per heavy atom. The number of benzene rings is 1. The number of aromatic nitrogens is 3. The molecule has 10 heteroatoms. The minimum atomic E-state index is -4.47. The van der Waals surface area contributed by atoms with Crippen LogP contribution in [0.15, 0.2) is 58.3 Å². The second kappa shape index (κ2) is 7.36. The molecule has 0 aliphatic carbocycles. The molecule has 1 aliphatic rings. The molecule has 0 spiro atoms. The number of alkyl halides is 3. The zero-order valence-corrected chi connectivity index (χ0v) is 17.8. The fraction of sp³-hybridized carbons (Fsp3) is 0.261. The maximum atomic E-state index is 13.2. The zero-order chi connectivity index (χ0) is 23.5. The van der Waals surface area contributed by atoms with Crippen molar-refractivity contribution < 1.29 is 22.4 Å². The van der Waals surface area contributed by atoms with Crippen LogP contribution in [0.1, 0.15) is 34.2 Å². The van der Waals surface area contributed by atoms with Crippen molar-refractivity contribution in [1.82, 2.24) is 19.0 Å². The minimum Gasteiger partial charge on any atom is -0.464 e. The molecule has 3 aromatic heterocycles. The third kappa shape index (κ3) is 3.51. The van der Waals surface area contributed by atoms with Gasteiger partial charge in [0.1, 0.15) is 17.0 Å². The van der Waals surface area contributed by atoms with Gasteiger partial charge in [0.15, 0.2) is 0 Å². The van der Waals surface area contributed by atoms with Crippen LogP contribution >= 0.6 is 0 Å². The van der Waals surface area contributed by atoms with Crippen LogP contribution in [0.2, 0.25) is 0 Å². The molecule has 33 heavy (non-hydrogen) atoms. The number of aryl methyl sites for hydroxylation is 1. The molecule has 0 bridgehead atoms. The van der Waals surface area contributed by atoms with Gasteiger partial charge in [0.05, 0.1) is 30.4 Å². The van der Waals surface area contributed by atoms with Gasteiger partial charge in [0.25, 0.3) is 11.5 Å². The summed E-state index contributed by atoms with van der Waals surface area (Å²) in [5.74, 6) is -0.333. The summed E-state index contributed by atoms with van der Waals surface area (Å²) in [6, 6.07) is 6.19. The smallest absolute Gasteiger partial charge is 0.416 e. The zero-order valence-electron chi connectivity index (χ0n) is 17.8. The first-order valence-corrected chi connectivity index (χ1v) is 10.3. The number of carbonyl (C=O) groups excluding carboxylic acids is 1. The molecule has 0 saturated carbocycles. The van der Waals surface area contributed by atoms with Crippen molar-refractivity contribution >= 4 is 16.9 Å². The minimum absolute atomic E-state index is 0.105. The third-order valence-electron chi connectivity index (χ3n) is 5.93. The lowest BCUT2D eigenvalue weighted by atomic mass is 10.1. The highest BCUT2D eigenvalue weighted by Gasteiger charge is 2.33. The number of fused-ring (bicyclic) bond motifs is 2. The lowest BCUT2D eigenvalue weighted by Crippen LogP contribution is -2.49. The van der Waals surface area contributed by atoms with Crippen LogP contribution < -0.4 is 5.56 Å². The molecular weight excluding hydrogens is 437 g/mol. The number of hydrogen-bond donors (Lipinski definition) is 0. The average Bonchev–Trinajstić information content (AvgIpc) is 3.37. The van der Waals surface area contributed by atoms with Gasteiger partial charge in [-0.3, -0.25) is 9.59 Å². The molecule has 0 radical (unpaired) electrons. The first-order valence-electron chi connectivity index (χ1n) is 10.3. The van der Waals surface area contributed by atoms with Crippen LogP contribution in [0.5, 0.6) is 0 Å². The lowest BCUT2D eigenvalue weighted by Gasteiger charge is -2.35. The predicted molar refractivity (Wildman–Crippen MR) is 113 cm³/mol. The Morgan fingerprint density at radius 3 is 2.67 bits per heavy atom. The maximum absolute atomic E-state index is 13.2. The third-order valence-corrected chi connectivity index (χ3v) is 5.93.